The molecule has 0 bridgehead atoms. The Labute approximate surface area is 115 Å². The molecule has 2 unspecified atom stereocenters. The lowest BCUT2D eigenvalue weighted by molar-refractivity contribution is 0.319. The summed E-state index contributed by atoms with van der Waals surface area (Å²) in [5, 5.41) is 3.65. The number of hydrogen-bond acceptors (Lipinski definition) is 3. The monoisotopic (exact) mass is 260 g/mol. The molecule has 1 saturated heterocycles. The first-order valence-electron chi connectivity index (χ1n) is 7.51. The molecular weight excluding hydrogens is 236 g/mol. The standard InChI is InChI=1S/C16H24N2O/c1-2-18-8-7-13(11-18)9-17-10-14-12-19-16-6-4-3-5-15(14)16/h3-6,13-14,17H,2,7-12H2,1H3. The van der Waals surface area contributed by atoms with E-state index in [9.17, 15) is 0 Å². The number of likely N-dealkylation sites (tertiary alicyclic amines) is 1. The smallest absolute Gasteiger partial charge is 0.122 e. The normalized spacial score (nSPS) is 26.4. The average Bonchev–Trinajstić information content (AvgIpc) is 3.06. The molecule has 3 rings (SSSR count). The number of fused-ring (bicyclic) bond motifs is 1. The van der Waals surface area contributed by atoms with Crippen LogP contribution in [0.5, 0.6) is 5.75 Å². The minimum atomic E-state index is 0.528. The first kappa shape index (κ1) is 12.9. The predicted octanol–water partition coefficient (Wildman–Crippen LogP) is 2.09. The van der Waals surface area contributed by atoms with E-state index in [0.29, 0.717) is 5.92 Å². The van der Waals surface area contributed by atoms with Gasteiger partial charge in [-0.2, -0.15) is 0 Å². The molecule has 0 amide bonds. The maximum atomic E-state index is 5.72. The van der Waals surface area contributed by atoms with Gasteiger partial charge < -0.3 is 15.0 Å². The lowest BCUT2D eigenvalue weighted by Gasteiger charge is -2.15. The van der Waals surface area contributed by atoms with E-state index in [1.807, 2.05) is 6.07 Å². The first-order chi connectivity index (χ1) is 9.36. The Morgan fingerprint density at radius 3 is 3.05 bits per heavy atom. The fourth-order valence-electron chi connectivity index (χ4n) is 3.23. The molecule has 2 aliphatic heterocycles. The van der Waals surface area contributed by atoms with Crippen LogP contribution in [0.15, 0.2) is 24.3 Å². The van der Waals surface area contributed by atoms with E-state index in [4.69, 9.17) is 4.74 Å². The quantitative estimate of drug-likeness (QED) is 0.877. The summed E-state index contributed by atoms with van der Waals surface area (Å²) in [7, 11) is 0. The number of nitrogens with zero attached hydrogens (tertiary/aromatic N) is 1. The van der Waals surface area contributed by atoms with Gasteiger partial charge in [-0.15, -0.1) is 0 Å². The predicted molar refractivity (Wildman–Crippen MR) is 77.8 cm³/mol. The molecule has 0 aliphatic carbocycles. The van der Waals surface area contributed by atoms with Crippen LogP contribution in [0.3, 0.4) is 0 Å². The number of rotatable bonds is 5. The molecule has 0 aromatic heterocycles. The van der Waals surface area contributed by atoms with Gasteiger partial charge in [-0.25, -0.2) is 0 Å². The van der Waals surface area contributed by atoms with Gasteiger partial charge in [-0.05, 0) is 38.0 Å². The number of para-hydroxylation sites is 1. The summed E-state index contributed by atoms with van der Waals surface area (Å²) < 4.78 is 5.72. The maximum absolute atomic E-state index is 5.72. The summed E-state index contributed by atoms with van der Waals surface area (Å²) >= 11 is 0. The van der Waals surface area contributed by atoms with Crippen molar-refractivity contribution in [3.63, 3.8) is 0 Å². The lowest BCUT2D eigenvalue weighted by atomic mass is 10.0. The van der Waals surface area contributed by atoms with Crippen molar-refractivity contribution in [3.05, 3.63) is 29.8 Å². The van der Waals surface area contributed by atoms with Crippen LogP contribution in [0.4, 0.5) is 0 Å². The fraction of sp³-hybridized carbons (Fsp3) is 0.625. The van der Waals surface area contributed by atoms with Crippen LogP contribution < -0.4 is 10.1 Å². The highest BCUT2D eigenvalue weighted by atomic mass is 16.5. The molecule has 19 heavy (non-hydrogen) atoms. The van der Waals surface area contributed by atoms with Crippen LogP contribution in [0.2, 0.25) is 0 Å². The van der Waals surface area contributed by atoms with Gasteiger partial charge in [0, 0.05) is 24.6 Å². The SMILES string of the molecule is CCN1CCC(CNCC2COc3ccccc32)C1. The fourth-order valence-corrected chi connectivity index (χ4v) is 3.23. The summed E-state index contributed by atoms with van der Waals surface area (Å²) in [4.78, 5) is 2.54. The van der Waals surface area contributed by atoms with Crippen molar-refractivity contribution in [2.75, 3.05) is 39.3 Å². The molecule has 1 aromatic carbocycles. The molecule has 3 heteroatoms. The highest BCUT2D eigenvalue weighted by Crippen LogP contribution is 2.32. The Hall–Kier alpha value is -1.06. The van der Waals surface area contributed by atoms with Gasteiger partial charge in [0.25, 0.3) is 0 Å². The molecule has 2 heterocycles. The van der Waals surface area contributed by atoms with E-state index in [2.05, 4.69) is 35.3 Å². The summed E-state index contributed by atoms with van der Waals surface area (Å²) in [6.07, 6.45) is 1.35. The van der Waals surface area contributed by atoms with E-state index >= 15 is 0 Å². The Morgan fingerprint density at radius 1 is 1.32 bits per heavy atom. The zero-order chi connectivity index (χ0) is 13.1. The third-order valence-corrected chi connectivity index (χ3v) is 4.44. The van der Waals surface area contributed by atoms with Crippen molar-refractivity contribution in [3.8, 4) is 5.75 Å². The third-order valence-electron chi connectivity index (χ3n) is 4.44. The van der Waals surface area contributed by atoms with E-state index in [-0.39, 0.29) is 0 Å². The largest absolute Gasteiger partial charge is 0.493 e. The van der Waals surface area contributed by atoms with E-state index in [0.717, 1.165) is 31.4 Å². The average molecular weight is 260 g/mol. The van der Waals surface area contributed by atoms with Gasteiger partial charge >= 0.3 is 0 Å². The second-order valence-corrected chi connectivity index (χ2v) is 5.75. The van der Waals surface area contributed by atoms with Crippen molar-refractivity contribution in [1.29, 1.82) is 0 Å². The van der Waals surface area contributed by atoms with Crippen LogP contribution in [0, 0.1) is 5.92 Å². The van der Waals surface area contributed by atoms with Crippen LogP contribution in [0.1, 0.15) is 24.8 Å². The van der Waals surface area contributed by atoms with Gasteiger partial charge in [-0.3, -0.25) is 0 Å². The van der Waals surface area contributed by atoms with E-state index < -0.39 is 0 Å². The number of hydrogen-bond donors (Lipinski definition) is 1. The van der Waals surface area contributed by atoms with Crippen LogP contribution in [0.25, 0.3) is 0 Å². The Kier molecular flexibility index (Phi) is 4.04. The highest BCUT2D eigenvalue weighted by molar-refractivity contribution is 5.39. The van der Waals surface area contributed by atoms with Crippen molar-refractivity contribution in [2.45, 2.75) is 19.3 Å². The molecule has 1 N–H and O–H groups in total. The van der Waals surface area contributed by atoms with E-state index in [1.54, 1.807) is 0 Å². The zero-order valence-corrected chi connectivity index (χ0v) is 11.8. The number of ether oxygens (including phenoxy) is 1. The highest BCUT2D eigenvalue weighted by Gasteiger charge is 2.24. The molecule has 0 radical (unpaired) electrons. The van der Waals surface area contributed by atoms with Gasteiger partial charge in [-0.1, -0.05) is 25.1 Å². The van der Waals surface area contributed by atoms with Crippen molar-refractivity contribution < 1.29 is 4.74 Å². The van der Waals surface area contributed by atoms with E-state index in [1.165, 1.54) is 31.6 Å². The van der Waals surface area contributed by atoms with Crippen molar-refractivity contribution in [1.82, 2.24) is 10.2 Å². The molecule has 104 valence electrons. The molecule has 1 aromatic rings. The van der Waals surface area contributed by atoms with Gasteiger partial charge in [0.05, 0.1) is 6.61 Å². The topological polar surface area (TPSA) is 24.5 Å². The van der Waals surface area contributed by atoms with Crippen LogP contribution in [-0.2, 0) is 0 Å². The Balaban J connectivity index is 1.44. The summed E-state index contributed by atoms with van der Waals surface area (Å²) in [6, 6.07) is 8.43. The molecule has 2 aliphatic rings. The molecule has 0 saturated carbocycles. The van der Waals surface area contributed by atoms with Crippen molar-refractivity contribution >= 4 is 0 Å². The summed E-state index contributed by atoms with van der Waals surface area (Å²) in [6.45, 7) is 9.01. The minimum absolute atomic E-state index is 0.528. The van der Waals surface area contributed by atoms with Gasteiger partial charge in [0.1, 0.15) is 5.75 Å². The minimum Gasteiger partial charge on any atom is -0.493 e. The summed E-state index contributed by atoms with van der Waals surface area (Å²) in [5.74, 6) is 2.43. The Morgan fingerprint density at radius 2 is 2.21 bits per heavy atom. The van der Waals surface area contributed by atoms with Crippen LogP contribution in [-0.4, -0.2) is 44.2 Å². The van der Waals surface area contributed by atoms with Crippen LogP contribution >= 0.6 is 0 Å². The second kappa shape index (κ2) is 5.93. The molecule has 1 fully saturated rings. The summed E-state index contributed by atoms with van der Waals surface area (Å²) in [5.41, 5.74) is 1.37. The maximum Gasteiger partial charge on any atom is 0.122 e. The lowest BCUT2D eigenvalue weighted by Crippen LogP contribution is -2.29. The first-order valence-corrected chi connectivity index (χ1v) is 7.51. The second-order valence-electron chi connectivity index (χ2n) is 5.75. The number of benzene rings is 1. The third kappa shape index (κ3) is 2.93. The molecular formula is C16H24N2O. The van der Waals surface area contributed by atoms with Crippen molar-refractivity contribution in [2.24, 2.45) is 5.92 Å². The van der Waals surface area contributed by atoms with Gasteiger partial charge in [0.15, 0.2) is 0 Å². The molecule has 0 spiro atoms. The number of nitrogens with one attached hydrogen (secondary N) is 1. The molecule has 3 nitrogen and oxygen atoms in total. The van der Waals surface area contributed by atoms with Gasteiger partial charge in [0.2, 0.25) is 0 Å². The zero-order valence-electron chi connectivity index (χ0n) is 11.8. The molecule has 2 atom stereocenters. The Bertz CT molecular complexity index is 421.